The summed E-state index contributed by atoms with van der Waals surface area (Å²) in [7, 11) is 1.86. The average molecular weight is 441 g/mol. The number of hydrogen-bond donors (Lipinski definition) is 2. The smallest absolute Gasteiger partial charge is 0.325 e. The number of likely N-dealkylation sites (N-methyl/N-ethyl adjacent to an activating group) is 1. The first kappa shape index (κ1) is 21.9. The first-order chi connectivity index (χ1) is 15.6. The highest BCUT2D eigenvalue weighted by Gasteiger charge is 2.17. The van der Waals surface area contributed by atoms with Gasteiger partial charge in [0.1, 0.15) is 13.2 Å². The lowest BCUT2D eigenvalue weighted by atomic mass is 10.1. The molecular weight excluding hydrogens is 412 g/mol. The number of carbonyl (C=O) groups excluding carboxylic acids is 2. The molecule has 0 bridgehead atoms. The van der Waals surface area contributed by atoms with Crippen LogP contribution in [0.1, 0.15) is 5.56 Å². The van der Waals surface area contributed by atoms with Crippen LogP contribution < -0.4 is 25.0 Å². The molecule has 2 aliphatic rings. The van der Waals surface area contributed by atoms with E-state index >= 15 is 0 Å². The Bertz CT molecular complexity index is 961. The van der Waals surface area contributed by atoms with Crippen molar-refractivity contribution in [2.24, 2.45) is 0 Å². The van der Waals surface area contributed by atoms with Gasteiger partial charge in [-0.05, 0) is 30.8 Å². The van der Waals surface area contributed by atoms with E-state index in [-0.39, 0.29) is 12.5 Å². The van der Waals surface area contributed by atoms with Crippen LogP contribution in [0.15, 0.2) is 42.5 Å². The standard InChI is InChI=1S/C23H28N4O5/c1-26(15-17-4-2-3-5-19(17)27-8-10-30-11-9-27)16-22(28)25-23(29)24-18-6-7-20-21(14-18)32-13-12-31-20/h2-7,14H,8-13,15-16H2,1H3,(H2,24,25,28,29). The molecule has 4 rings (SSSR count). The fourth-order valence-corrected chi connectivity index (χ4v) is 3.80. The zero-order valence-corrected chi connectivity index (χ0v) is 18.1. The summed E-state index contributed by atoms with van der Waals surface area (Å²) in [6.07, 6.45) is 0. The van der Waals surface area contributed by atoms with Crippen molar-refractivity contribution >= 4 is 23.3 Å². The number of nitrogens with one attached hydrogen (secondary N) is 2. The van der Waals surface area contributed by atoms with Crippen LogP contribution >= 0.6 is 0 Å². The van der Waals surface area contributed by atoms with Gasteiger partial charge in [-0.2, -0.15) is 0 Å². The molecule has 0 radical (unpaired) electrons. The van der Waals surface area contributed by atoms with E-state index in [2.05, 4.69) is 27.7 Å². The van der Waals surface area contributed by atoms with Gasteiger partial charge in [0.25, 0.3) is 0 Å². The van der Waals surface area contributed by atoms with Gasteiger partial charge in [0.2, 0.25) is 5.91 Å². The van der Waals surface area contributed by atoms with Gasteiger partial charge in [0.15, 0.2) is 11.5 Å². The minimum atomic E-state index is -0.589. The summed E-state index contributed by atoms with van der Waals surface area (Å²) in [6.45, 7) is 4.76. The molecule has 0 atom stereocenters. The summed E-state index contributed by atoms with van der Waals surface area (Å²) < 4.78 is 16.4. The number of nitrogens with zero attached hydrogens (tertiary/aromatic N) is 2. The molecule has 9 heteroatoms. The number of morpholine rings is 1. The minimum absolute atomic E-state index is 0.0893. The summed E-state index contributed by atoms with van der Waals surface area (Å²) >= 11 is 0. The van der Waals surface area contributed by atoms with Crippen LogP contribution in [-0.2, 0) is 16.1 Å². The van der Waals surface area contributed by atoms with E-state index in [1.807, 2.05) is 24.1 Å². The maximum absolute atomic E-state index is 12.4. The van der Waals surface area contributed by atoms with Crippen molar-refractivity contribution in [2.75, 3.05) is 63.3 Å². The summed E-state index contributed by atoms with van der Waals surface area (Å²) in [5, 5.41) is 5.03. The fraction of sp³-hybridized carbons (Fsp3) is 0.391. The van der Waals surface area contributed by atoms with Gasteiger partial charge in [-0.3, -0.25) is 15.0 Å². The summed E-state index contributed by atoms with van der Waals surface area (Å²) in [5.41, 5.74) is 2.80. The number of rotatable bonds is 6. The van der Waals surface area contributed by atoms with Crippen LogP contribution in [0.2, 0.25) is 0 Å². The fourth-order valence-electron chi connectivity index (χ4n) is 3.80. The van der Waals surface area contributed by atoms with E-state index < -0.39 is 6.03 Å². The Morgan fingerprint density at radius 2 is 1.75 bits per heavy atom. The number of hydrogen-bond acceptors (Lipinski definition) is 7. The third kappa shape index (κ3) is 5.68. The third-order valence-corrected chi connectivity index (χ3v) is 5.25. The Hall–Kier alpha value is -3.30. The van der Waals surface area contributed by atoms with Crippen molar-refractivity contribution in [1.29, 1.82) is 0 Å². The van der Waals surface area contributed by atoms with E-state index in [0.29, 0.717) is 50.2 Å². The van der Waals surface area contributed by atoms with Crippen LogP contribution in [0.25, 0.3) is 0 Å². The van der Waals surface area contributed by atoms with Crippen molar-refractivity contribution < 1.29 is 23.8 Å². The van der Waals surface area contributed by atoms with Crippen molar-refractivity contribution in [2.45, 2.75) is 6.54 Å². The first-order valence-corrected chi connectivity index (χ1v) is 10.7. The molecule has 0 unspecified atom stereocenters. The number of urea groups is 1. The first-order valence-electron chi connectivity index (χ1n) is 10.7. The Morgan fingerprint density at radius 1 is 1.00 bits per heavy atom. The number of carbonyl (C=O) groups is 2. The van der Waals surface area contributed by atoms with E-state index in [0.717, 1.165) is 24.3 Å². The molecule has 0 spiro atoms. The van der Waals surface area contributed by atoms with E-state index in [1.54, 1.807) is 18.2 Å². The Balaban J connectivity index is 1.28. The molecule has 0 saturated carbocycles. The molecule has 2 N–H and O–H groups in total. The number of para-hydroxylation sites is 1. The average Bonchev–Trinajstić information content (AvgIpc) is 2.79. The second kappa shape index (κ2) is 10.3. The minimum Gasteiger partial charge on any atom is -0.486 e. The Kier molecular flexibility index (Phi) is 7.08. The van der Waals surface area contributed by atoms with Crippen molar-refractivity contribution in [3.05, 3.63) is 48.0 Å². The zero-order valence-electron chi connectivity index (χ0n) is 18.1. The lowest BCUT2D eigenvalue weighted by molar-refractivity contribution is -0.120. The van der Waals surface area contributed by atoms with Crippen LogP contribution in [0.3, 0.4) is 0 Å². The second-order valence-corrected chi connectivity index (χ2v) is 7.76. The highest BCUT2D eigenvalue weighted by atomic mass is 16.6. The topological polar surface area (TPSA) is 92.4 Å². The molecule has 2 aromatic carbocycles. The molecule has 3 amide bonds. The molecule has 0 aromatic heterocycles. The molecule has 1 fully saturated rings. The second-order valence-electron chi connectivity index (χ2n) is 7.76. The van der Waals surface area contributed by atoms with Gasteiger partial charge in [-0.25, -0.2) is 4.79 Å². The van der Waals surface area contributed by atoms with E-state index in [4.69, 9.17) is 14.2 Å². The summed E-state index contributed by atoms with van der Waals surface area (Å²) in [6, 6.07) is 12.7. The number of anilines is 2. The molecule has 170 valence electrons. The molecular formula is C23H28N4O5. The molecule has 1 saturated heterocycles. The SMILES string of the molecule is CN(CC(=O)NC(=O)Nc1ccc2c(c1)OCCO2)Cc1ccccc1N1CCOCC1. The predicted octanol–water partition coefficient (Wildman–Crippen LogP) is 2.07. The maximum Gasteiger partial charge on any atom is 0.325 e. The molecule has 0 aliphatic carbocycles. The van der Waals surface area contributed by atoms with Crippen LogP contribution in [0.5, 0.6) is 11.5 Å². The highest BCUT2D eigenvalue weighted by molar-refractivity contribution is 6.01. The maximum atomic E-state index is 12.4. The lowest BCUT2D eigenvalue weighted by Crippen LogP contribution is -2.41. The quantitative estimate of drug-likeness (QED) is 0.711. The zero-order chi connectivity index (χ0) is 22.3. The predicted molar refractivity (Wildman–Crippen MR) is 120 cm³/mol. The number of imide groups is 1. The summed E-state index contributed by atoms with van der Waals surface area (Å²) in [4.78, 5) is 28.8. The van der Waals surface area contributed by atoms with E-state index in [1.165, 1.54) is 0 Å². The number of amides is 3. The lowest BCUT2D eigenvalue weighted by Gasteiger charge is -2.31. The molecule has 2 aromatic rings. The highest BCUT2D eigenvalue weighted by Crippen LogP contribution is 2.32. The van der Waals surface area contributed by atoms with Gasteiger partial charge < -0.3 is 24.4 Å². The Morgan fingerprint density at radius 3 is 2.56 bits per heavy atom. The normalized spacial score (nSPS) is 15.4. The van der Waals surface area contributed by atoms with Gasteiger partial charge in [0.05, 0.1) is 19.8 Å². The third-order valence-electron chi connectivity index (χ3n) is 5.25. The number of benzene rings is 2. The van der Waals surface area contributed by atoms with Crippen LogP contribution in [0, 0.1) is 0 Å². The monoisotopic (exact) mass is 440 g/mol. The van der Waals surface area contributed by atoms with E-state index in [9.17, 15) is 9.59 Å². The number of fused-ring (bicyclic) bond motifs is 1. The van der Waals surface area contributed by atoms with Crippen LogP contribution in [-0.4, -0.2) is 69.9 Å². The molecule has 32 heavy (non-hydrogen) atoms. The summed E-state index contributed by atoms with van der Waals surface area (Å²) in [5.74, 6) is 0.822. The van der Waals surface area contributed by atoms with Crippen molar-refractivity contribution in [3.63, 3.8) is 0 Å². The van der Waals surface area contributed by atoms with Crippen LogP contribution in [0.4, 0.5) is 16.2 Å². The molecule has 2 aliphatic heterocycles. The molecule has 2 heterocycles. The van der Waals surface area contributed by atoms with Gasteiger partial charge >= 0.3 is 6.03 Å². The van der Waals surface area contributed by atoms with Crippen molar-refractivity contribution in [3.8, 4) is 11.5 Å². The van der Waals surface area contributed by atoms with Gasteiger partial charge in [-0.15, -0.1) is 0 Å². The number of ether oxygens (including phenoxy) is 3. The molecule has 9 nitrogen and oxygen atoms in total. The van der Waals surface area contributed by atoms with Gasteiger partial charge in [0, 0.05) is 37.1 Å². The van der Waals surface area contributed by atoms with Crippen molar-refractivity contribution in [1.82, 2.24) is 10.2 Å². The Labute approximate surface area is 187 Å². The largest absolute Gasteiger partial charge is 0.486 e. The van der Waals surface area contributed by atoms with Gasteiger partial charge in [-0.1, -0.05) is 18.2 Å².